The van der Waals surface area contributed by atoms with Crippen LogP contribution < -0.4 is 11.1 Å². The summed E-state index contributed by atoms with van der Waals surface area (Å²) in [6.45, 7) is 24.8. The third-order valence-electron chi connectivity index (χ3n) is 15.8. The van der Waals surface area contributed by atoms with Crippen LogP contribution in [0, 0.1) is 81.3 Å². The van der Waals surface area contributed by atoms with Gasteiger partial charge in [-0.05, 0) is 136 Å². The number of nitrogens with one attached hydrogen (secondary N) is 1. The highest BCUT2D eigenvalue weighted by Gasteiger charge is 2.79. The van der Waals surface area contributed by atoms with Crippen molar-refractivity contribution in [3.63, 3.8) is 0 Å². The van der Waals surface area contributed by atoms with Crippen LogP contribution in [0.15, 0.2) is 0 Å². The van der Waals surface area contributed by atoms with Crippen molar-refractivity contribution in [1.82, 2.24) is 5.32 Å². The number of nitrogens with two attached hydrogens (primary N) is 1. The van der Waals surface area contributed by atoms with Crippen LogP contribution in [-0.2, 0) is 0 Å². The van der Waals surface area contributed by atoms with Crippen LogP contribution in [0.25, 0.3) is 0 Å². The Morgan fingerprint density at radius 2 is 1.63 bits per heavy atom. The smallest absolute Gasteiger partial charge is 0.0763 e. The molecule has 0 heterocycles. The van der Waals surface area contributed by atoms with Crippen LogP contribution in [0.1, 0.15) is 165 Å². The van der Waals surface area contributed by atoms with Gasteiger partial charge in [0.25, 0.3) is 0 Å². The Hall–Kier alpha value is -0.560. The number of aliphatic hydroxyl groups is 1. The maximum atomic E-state index is 12.9. The number of hydrogen-bond donors (Lipinski definition) is 3. The molecule has 5 fully saturated rings. The fraction of sp³-hybridized carbons (Fsp3) is 0.953. The van der Waals surface area contributed by atoms with E-state index in [9.17, 15) is 5.11 Å². The molecule has 12 atom stereocenters. The molecule has 5 saturated carbocycles. The Kier molecular flexibility index (Phi) is 12.6. The predicted octanol–water partition coefficient (Wildman–Crippen LogP) is 10.2. The van der Waals surface area contributed by atoms with Crippen LogP contribution >= 0.6 is 0 Å². The van der Waals surface area contributed by atoms with Crippen molar-refractivity contribution in [2.45, 2.75) is 171 Å². The molecule has 0 aromatic rings. The second kappa shape index (κ2) is 15.1. The summed E-state index contributed by atoms with van der Waals surface area (Å²) in [5.41, 5.74) is 4.95. The lowest BCUT2D eigenvalue weighted by Crippen LogP contribution is -2.79. The van der Waals surface area contributed by atoms with E-state index in [4.69, 9.17) is 12.2 Å². The number of unbranched alkanes of at least 4 members (excludes halogenated alkanes) is 3. The van der Waals surface area contributed by atoms with Crippen LogP contribution in [0.4, 0.5) is 0 Å². The molecule has 0 aromatic heterocycles. The van der Waals surface area contributed by atoms with Crippen LogP contribution in [-0.4, -0.2) is 30.3 Å². The Morgan fingerprint density at radius 3 is 2.20 bits per heavy atom. The lowest BCUT2D eigenvalue weighted by atomic mass is 9.26. The fourth-order valence-electron chi connectivity index (χ4n) is 13.5. The molecule has 3 heteroatoms. The Bertz CT molecular complexity index is 1020. The second-order valence-electron chi connectivity index (χ2n) is 18.8. The summed E-state index contributed by atoms with van der Waals surface area (Å²) >= 11 is 0. The van der Waals surface area contributed by atoms with Crippen molar-refractivity contribution in [3.8, 4) is 12.3 Å². The van der Waals surface area contributed by atoms with Crippen LogP contribution in [0.5, 0.6) is 0 Å². The van der Waals surface area contributed by atoms with E-state index in [1.54, 1.807) is 0 Å². The summed E-state index contributed by atoms with van der Waals surface area (Å²) in [7, 11) is 0. The number of hydrogen-bond acceptors (Lipinski definition) is 3. The molecule has 266 valence electrons. The van der Waals surface area contributed by atoms with Crippen molar-refractivity contribution in [3.05, 3.63) is 0 Å². The predicted molar refractivity (Wildman–Crippen MR) is 198 cm³/mol. The van der Waals surface area contributed by atoms with Gasteiger partial charge in [-0.1, -0.05) is 99.8 Å². The van der Waals surface area contributed by atoms with E-state index in [0.29, 0.717) is 17.3 Å². The zero-order valence-electron chi connectivity index (χ0n) is 32.2. The van der Waals surface area contributed by atoms with Crippen molar-refractivity contribution in [2.24, 2.45) is 74.7 Å². The topological polar surface area (TPSA) is 58.3 Å². The van der Waals surface area contributed by atoms with Gasteiger partial charge in [0.05, 0.1) is 5.60 Å². The molecule has 5 rings (SSSR count). The van der Waals surface area contributed by atoms with Gasteiger partial charge in [-0.15, -0.1) is 6.42 Å². The quantitative estimate of drug-likeness (QED) is 0.139. The average Bonchev–Trinajstić information content (AvgIpc) is 3.36. The van der Waals surface area contributed by atoms with Gasteiger partial charge in [-0.25, -0.2) is 0 Å². The summed E-state index contributed by atoms with van der Waals surface area (Å²) in [6, 6.07) is 0. The second-order valence-corrected chi connectivity index (χ2v) is 18.8. The molecular formula is C43H78N2O. The first-order valence-electron chi connectivity index (χ1n) is 20.4. The van der Waals surface area contributed by atoms with Crippen LogP contribution in [0.3, 0.4) is 0 Å². The van der Waals surface area contributed by atoms with Gasteiger partial charge in [0.15, 0.2) is 0 Å². The summed E-state index contributed by atoms with van der Waals surface area (Å²) < 4.78 is 0. The fourth-order valence-corrected chi connectivity index (χ4v) is 13.5. The van der Waals surface area contributed by atoms with Crippen molar-refractivity contribution in [1.29, 1.82) is 0 Å². The van der Waals surface area contributed by atoms with E-state index in [-0.39, 0.29) is 22.2 Å². The van der Waals surface area contributed by atoms with Gasteiger partial charge in [-0.3, -0.25) is 0 Å². The molecular weight excluding hydrogens is 560 g/mol. The zero-order chi connectivity index (χ0) is 34.0. The largest absolute Gasteiger partial charge is 0.389 e. The van der Waals surface area contributed by atoms with Gasteiger partial charge in [0, 0.05) is 23.3 Å². The summed E-state index contributed by atoms with van der Waals surface area (Å²) in [4.78, 5) is 0. The van der Waals surface area contributed by atoms with E-state index in [2.05, 4.69) is 73.6 Å². The third kappa shape index (κ3) is 6.41. The minimum absolute atomic E-state index is 0.0442. The molecule has 12 unspecified atom stereocenters. The van der Waals surface area contributed by atoms with Crippen molar-refractivity contribution < 1.29 is 5.11 Å². The van der Waals surface area contributed by atoms with Gasteiger partial charge in [-0.2, -0.15) is 0 Å². The summed E-state index contributed by atoms with van der Waals surface area (Å²) in [6.07, 6.45) is 26.9. The lowest BCUT2D eigenvalue weighted by Gasteiger charge is -2.79. The molecule has 0 aliphatic heterocycles. The van der Waals surface area contributed by atoms with Gasteiger partial charge >= 0.3 is 0 Å². The average molecular weight is 639 g/mol. The Morgan fingerprint density at radius 1 is 0.913 bits per heavy atom. The molecule has 46 heavy (non-hydrogen) atoms. The van der Waals surface area contributed by atoms with Crippen molar-refractivity contribution >= 4 is 0 Å². The van der Waals surface area contributed by atoms with E-state index in [1.807, 2.05) is 0 Å². The highest BCUT2D eigenvalue weighted by atomic mass is 16.3. The molecule has 0 aromatic carbocycles. The first kappa shape index (κ1) is 38.2. The first-order chi connectivity index (χ1) is 21.7. The van der Waals surface area contributed by atoms with Crippen molar-refractivity contribution in [2.75, 3.05) is 19.6 Å². The molecule has 5 aliphatic carbocycles. The van der Waals surface area contributed by atoms with Gasteiger partial charge in [0.2, 0.25) is 0 Å². The van der Waals surface area contributed by atoms with E-state index in [1.165, 1.54) is 89.9 Å². The molecule has 0 amide bonds. The molecule has 3 nitrogen and oxygen atoms in total. The molecule has 0 bridgehead atoms. The minimum Gasteiger partial charge on any atom is -0.389 e. The monoisotopic (exact) mass is 639 g/mol. The highest BCUT2D eigenvalue weighted by Crippen LogP contribution is 2.81. The van der Waals surface area contributed by atoms with E-state index >= 15 is 0 Å². The molecule has 1 spiro atoms. The van der Waals surface area contributed by atoms with Gasteiger partial charge in [0.1, 0.15) is 0 Å². The Balaban J connectivity index is 0.000000892. The minimum atomic E-state index is -0.623. The SMILES string of the molecule is C#CC1(C)CC2(C)C3CCC4(C)C(C(C)CCCC(C)C)CCC4C3C(C)CC23CCC3(O)C1CNCCCCC.CCCCN. The first-order valence-corrected chi connectivity index (χ1v) is 20.4. The molecule has 0 saturated heterocycles. The Labute approximate surface area is 287 Å². The maximum absolute atomic E-state index is 12.9. The number of rotatable bonds is 13. The van der Waals surface area contributed by atoms with E-state index in [0.717, 1.165) is 62.1 Å². The number of terminal acetylenes is 1. The summed E-state index contributed by atoms with van der Waals surface area (Å²) in [5, 5.41) is 16.6. The third-order valence-corrected chi connectivity index (χ3v) is 15.8. The lowest BCUT2D eigenvalue weighted by molar-refractivity contribution is -0.346. The maximum Gasteiger partial charge on any atom is 0.0763 e. The normalized spacial score (nSPS) is 44.8. The zero-order valence-corrected chi connectivity index (χ0v) is 32.2. The van der Waals surface area contributed by atoms with Gasteiger partial charge < -0.3 is 16.2 Å². The molecule has 5 aliphatic rings. The molecule has 0 radical (unpaired) electrons. The summed E-state index contributed by atoms with van der Waals surface area (Å²) in [5.74, 6) is 9.14. The van der Waals surface area contributed by atoms with E-state index < -0.39 is 5.60 Å². The molecule has 4 N–H and O–H groups in total. The van der Waals surface area contributed by atoms with Crippen LogP contribution in [0.2, 0.25) is 0 Å². The number of fused-ring (bicyclic) bond motifs is 4. The highest BCUT2D eigenvalue weighted by molar-refractivity contribution is 5.31. The standard InChI is InChI=1S/C39H67NO.C4H11N/c1-10-12-13-23-40-25-33-35(7,11-2)26-37(9)32-19-20-36(8)30(28(5)16-14-15-27(3)4)17-18-31(36)34(32)29(6)24-38(37)21-22-39(33,38)41;1-2-3-4-5/h2,27-34,40-41H,10,12-26H2,1,3-9H3;2-5H2,1H3.